The van der Waals surface area contributed by atoms with Crippen LogP contribution in [0.1, 0.15) is 41.0 Å². The second-order valence-corrected chi connectivity index (χ2v) is 5.55. The molecule has 2 rings (SSSR count). The standard InChI is InChI=1S/C15H17FN2OS/c1-2-4-13(14-5-3-8-20-14)18-15(19)10-6-7-12(17)11(16)9-10/h3,5-9,13H,2,4,17H2,1H3,(H,18,19). The van der Waals surface area contributed by atoms with Crippen LogP contribution in [-0.4, -0.2) is 5.91 Å². The van der Waals surface area contributed by atoms with E-state index in [4.69, 9.17) is 5.73 Å². The van der Waals surface area contributed by atoms with Gasteiger partial charge in [0.05, 0.1) is 11.7 Å². The number of amides is 1. The monoisotopic (exact) mass is 292 g/mol. The summed E-state index contributed by atoms with van der Waals surface area (Å²) in [5, 5.41) is 4.93. The maximum Gasteiger partial charge on any atom is 0.251 e. The van der Waals surface area contributed by atoms with E-state index in [1.165, 1.54) is 18.2 Å². The van der Waals surface area contributed by atoms with Gasteiger partial charge in [-0.25, -0.2) is 4.39 Å². The number of carbonyl (C=O) groups is 1. The molecule has 0 fully saturated rings. The lowest BCUT2D eigenvalue weighted by atomic mass is 10.1. The third kappa shape index (κ3) is 3.36. The predicted molar refractivity (Wildman–Crippen MR) is 80.2 cm³/mol. The molecule has 2 aromatic rings. The highest BCUT2D eigenvalue weighted by molar-refractivity contribution is 7.10. The SMILES string of the molecule is CCCC(NC(=O)c1ccc(N)c(F)c1)c1cccs1. The fourth-order valence-electron chi connectivity index (χ4n) is 1.97. The first-order chi connectivity index (χ1) is 9.61. The zero-order chi connectivity index (χ0) is 14.5. The van der Waals surface area contributed by atoms with Crippen LogP contribution in [0.25, 0.3) is 0 Å². The number of hydrogen-bond acceptors (Lipinski definition) is 3. The van der Waals surface area contributed by atoms with Crippen LogP contribution >= 0.6 is 11.3 Å². The molecule has 1 heterocycles. The molecule has 1 unspecified atom stereocenters. The third-order valence-corrected chi connectivity index (χ3v) is 4.02. The number of thiophene rings is 1. The second-order valence-electron chi connectivity index (χ2n) is 4.57. The molecule has 1 atom stereocenters. The fourth-order valence-corrected chi connectivity index (χ4v) is 2.79. The van der Waals surface area contributed by atoms with E-state index >= 15 is 0 Å². The summed E-state index contributed by atoms with van der Waals surface area (Å²) in [5.41, 5.74) is 5.74. The van der Waals surface area contributed by atoms with E-state index in [-0.39, 0.29) is 23.2 Å². The van der Waals surface area contributed by atoms with Gasteiger partial charge in [-0.05, 0) is 36.1 Å². The van der Waals surface area contributed by atoms with Gasteiger partial charge >= 0.3 is 0 Å². The van der Waals surface area contributed by atoms with Crippen molar-refractivity contribution in [3.63, 3.8) is 0 Å². The molecule has 1 amide bonds. The number of anilines is 1. The number of carbonyl (C=O) groups excluding carboxylic acids is 1. The van der Waals surface area contributed by atoms with Gasteiger partial charge in [0.15, 0.2) is 0 Å². The highest BCUT2D eigenvalue weighted by atomic mass is 32.1. The van der Waals surface area contributed by atoms with Gasteiger partial charge in [-0.3, -0.25) is 4.79 Å². The number of benzene rings is 1. The van der Waals surface area contributed by atoms with Gasteiger partial charge in [-0.2, -0.15) is 0 Å². The normalized spacial score (nSPS) is 12.1. The van der Waals surface area contributed by atoms with Crippen LogP contribution in [0.4, 0.5) is 10.1 Å². The number of nitrogens with two attached hydrogens (primary N) is 1. The fraction of sp³-hybridized carbons (Fsp3) is 0.267. The zero-order valence-electron chi connectivity index (χ0n) is 11.2. The zero-order valence-corrected chi connectivity index (χ0v) is 12.0. The highest BCUT2D eigenvalue weighted by Gasteiger charge is 2.16. The van der Waals surface area contributed by atoms with Crippen LogP contribution in [-0.2, 0) is 0 Å². The highest BCUT2D eigenvalue weighted by Crippen LogP contribution is 2.24. The smallest absolute Gasteiger partial charge is 0.251 e. The lowest BCUT2D eigenvalue weighted by molar-refractivity contribution is 0.0935. The minimum atomic E-state index is -0.569. The Labute approximate surface area is 121 Å². The summed E-state index contributed by atoms with van der Waals surface area (Å²) in [6.45, 7) is 2.07. The van der Waals surface area contributed by atoms with Crippen LogP contribution in [0.15, 0.2) is 35.7 Å². The molecule has 106 valence electrons. The molecule has 1 aromatic heterocycles. The Hall–Kier alpha value is -1.88. The molecular formula is C15H17FN2OS. The van der Waals surface area contributed by atoms with Crippen LogP contribution < -0.4 is 11.1 Å². The quantitative estimate of drug-likeness (QED) is 0.825. The summed E-state index contributed by atoms with van der Waals surface area (Å²) in [7, 11) is 0. The molecule has 0 aliphatic carbocycles. The maximum atomic E-state index is 13.4. The number of rotatable bonds is 5. The lowest BCUT2D eigenvalue weighted by Gasteiger charge is -2.17. The lowest BCUT2D eigenvalue weighted by Crippen LogP contribution is -2.28. The molecule has 0 aliphatic rings. The maximum absolute atomic E-state index is 13.4. The summed E-state index contributed by atoms with van der Waals surface area (Å²) in [4.78, 5) is 13.3. The molecule has 5 heteroatoms. The summed E-state index contributed by atoms with van der Waals surface area (Å²) in [5.74, 6) is -0.850. The van der Waals surface area contributed by atoms with Crippen molar-refractivity contribution < 1.29 is 9.18 Å². The summed E-state index contributed by atoms with van der Waals surface area (Å²) in [6, 6.07) is 8.03. The molecule has 0 bridgehead atoms. The minimum Gasteiger partial charge on any atom is -0.396 e. The van der Waals surface area contributed by atoms with Crippen molar-refractivity contribution in [1.82, 2.24) is 5.32 Å². The van der Waals surface area contributed by atoms with E-state index in [1.54, 1.807) is 11.3 Å². The first-order valence-corrected chi connectivity index (χ1v) is 7.39. The molecule has 3 nitrogen and oxygen atoms in total. The number of halogens is 1. The van der Waals surface area contributed by atoms with Gasteiger partial charge in [0, 0.05) is 10.4 Å². The molecule has 0 saturated carbocycles. The summed E-state index contributed by atoms with van der Waals surface area (Å²) in [6.07, 6.45) is 1.81. The second kappa shape index (κ2) is 6.52. The Bertz CT molecular complexity index is 584. The van der Waals surface area contributed by atoms with E-state index < -0.39 is 5.82 Å². The van der Waals surface area contributed by atoms with E-state index in [0.717, 1.165) is 17.7 Å². The van der Waals surface area contributed by atoms with Gasteiger partial charge in [0.2, 0.25) is 0 Å². The van der Waals surface area contributed by atoms with Crippen molar-refractivity contribution in [3.8, 4) is 0 Å². The average Bonchev–Trinajstić information content (AvgIpc) is 2.95. The van der Waals surface area contributed by atoms with Crippen LogP contribution in [0.5, 0.6) is 0 Å². The van der Waals surface area contributed by atoms with E-state index in [1.807, 2.05) is 17.5 Å². The number of hydrogen-bond donors (Lipinski definition) is 2. The van der Waals surface area contributed by atoms with Gasteiger partial charge in [0.1, 0.15) is 5.82 Å². The molecule has 0 aliphatic heterocycles. The molecule has 1 aromatic carbocycles. The van der Waals surface area contributed by atoms with E-state index in [0.29, 0.717) is 0 Å². The van der Waals surface area contributed by atoms with Crippen molar-refractivity contribution in [1.29, 1.82) is 0 Å². The van der Waals surface area contributed by atoms with Crippen LogP contribution in [0.2, 0.25) is 0 Å². The number of nitrogen functional groups attached to an aromatic ring is 1. The Morgan fingerprint density at radius 1 is 1.45 bits per heavy atom. The first kappa shape index (κ1) is 14.5. The minimum absolute atomic E-state index is 0.0342. The molecule has 20 heavy (non-hydrogen) atoms. The van der Waals surface area contributed by atoms with Gasteiger partial charge < -0.3 is 11.1 Å². The van der Waals surface area contributed by atoms with Crippen molar-refractivity contribution >= 4 is 22.9 Å². The van der Waals surface area contributed by atoms with Crippen molar-refractivity contribution in [3.05, 3.63) is 52.0 Å². The summed E-state index contributed by atoms with van der Waals surface area (Å²) < 4.78 is 13.4. The topological polar surface area (TPSA) is 55.1 Å². The van der Waals surface area contributed by atoms with E-state index in [2.05, 4.69) is 12.2 Å². The van der Waals surface area contributed by atoms with Gasteiger partial charge in [-0.1, -0.05) is 19.4 Å². The molecular weight excluding hydrogens is 275 g/mol. The Morgan fingerprint density at radius 2 is 2.25 bits per heavy atom. The molecule has 3 N–H and O–H groups in total. The van der Waals surface area contributed by atoms with Crippen LogP contribution in [0, 0.1) is 5.82 Å². The molecule has 0 saturated heterocycles. The Morgan fingerprint density at radius 3 is 2.85 bits per heavy atom. The molecule has 0 radical (unpaired) electrons. The van der Waals surface area contributed by atoms with Crippen molar-refractivity contribution in [2.45, 2.75) is 25.8 Å². The average molecular weight is 292 g/mol. The van der Waals surface area contributed by atoms with E-state index in [9.17, 15) is 9.18 Å². The largest absolute Gasteiger partial charge is 0.396 e. The van der Waals surface area contributed by atoms with Crippen molar-refractivity contribution in [2.75, 3.05) is 5.73 Å². The first-order valence-electron chi connectivity index (χ1n) is 6.51. The van der Waals surface area contributed by atoms with Crippen molar-refractivity contribution in [2.24, 2.45) is 0 Å². The number of nitrogens with one attached hydrogen (secondary N) is 1. The van der Waals surface area contributed by atoms with Gasteiger partial charge in [-0.15, -0.1) is 11.3 Å². The Balaban J connectivity index is 2.13. The molecule has 0 spiro atoms. The predicted octanol–water partition coefficient (Wildman–Crippen LogP) is 3.74. The van der Waals surface area contributed by atoms with Gasteiger partial charge in [0.25, 0.3) is 5.91 Å². The third-order valence-electron chi connectivity index (χ3n) is 3.03. The van der Waals surface area contributed by atoms with Crippen LogP contribution in [0.3, 0.4) is 0 Å². The summed E-state index contributed by atoms with van der Waals surface area (Å²) >= 11 is 1.60. The Kier molecular flexibility index (Phi) is 4.74.